The van der Waals surface area contributed by atoms with Crippen LogP contribution in [0, 0.1) is 32.1 Å². The predicted octanol–water partition coefficient (Wildman–Crippen LogP) is 5.10. The fourth-order valence-electron chi connectivity index (χ4n) is 2.37. The van der Waals surface area contributed by atoms with Crippen LogP contribution in [-0.2, 0) is 5.75 Å². The topological polar surface area (TPSA) is 49.8 Å². The second-order valence-electron chi connectivity index (χ2n) is 5.77. The first kappa shape index (κ1) is 18.3. The molecule has 0 amide bonds. The lowest BCUT2D eigenvalue weighted by Gasteiger charge is -2.11. The number of thiocarbonyl (C=S) groups is 1. The van der Waals surface area contributed by atoms with Gasteiger partial charge in [0.2, 0.25) is 0 Å². The maximum atomic E-state index is 9.17. The van der Waals surface area contributed by atoms with Crippen LogP contribution in [0.5, 0.6) is 0 Å². The Labute approximate surface area is 153 Å². The largest absolute Gasteiger partial charge is 0.389 e. The van der Waals surface area contributed by atoms with E-state index in [2.05, 4.69) is 63.2 Å². The molecule has 0 aliphatic heterocycles. The molecular weight excluding hydrogens is 332 g/mol. The second-order valence-corrected chi connectivity index (χ2v) is 7.26. The highest BCUT2D eigenvalue weighted by atomic mass is 32.2. The van der Waals surface area contributed by atoms with Crippen molar-refractivity contribution < 1.29 is 0 Å². The predicted molar refractivity (Wildman–Crippen MR) is 107 cm³/mol. The number of nitriles is 1. The number of hydrogen-bond acceptors (Lipinski definition) is 3. The van der Waals surface area contributed by atoms with E-state index in [0.29, 0.717) is 5.57 Å². The summed E-state index contributed by atoms with van der Waals surface area (Å²) >= 11 is 6.74. The average Bonchev–Trinajstić information content (AvgIpc) is 2.55. The maximum absolute atomic E-state index is 9.17. The van der Waals surface area contributed by atoms with Crippen molar-refractivity contribution in [2.45, 2.75) is 31.4 Å². The van der Waals surface area contributed by atoms with Gasteiger partial charge >= 0.3 is 0 Å². The van der Waals surface area contributed by atoms with Crippen molar-refractivity contribution in [3.05, 3.63) is 69.8 Å². The van der Waals surface area contributed by atoms with Crippen LogP contribution in [0.1, 0.15) is 27.8 Å². The highest BCUT2D eigenvalue weighted by Gasteiger charge is 2.08. The molecule has 0 saturated heterocycles. The van der Waals surface area contributed by atoms with Crippen LogP contribution >= 0.6 is 24.0 Å². The molecule has 0 unspecified atom stereocenters. The van der Waals surface area contributed by atoms with Gasteiger partial charge in [-0.2, -0.15) is 5.26 Å². The summed E-state index contributed by atoms with van der Waals surface area (Å²) < 4.78 is 0. The van der Waals surface area contributed by atoms with Gasteiger partial charge in [-0.25, -0.2) is 0 Å². The monoisotopic (exact) mass is 352 g/mol. The minimum absolute atomic E-state index is 0.133. The molecular formula is C20H20N2S2. The van der Waals surface area contributed by atoms with Gasteiger partial charge in [-0.15, -0.1) is 11.8 Å². The molecule has 0 aromatic heterocycles. The Bertz CT molecular complexity index is 828. The zero-order valence-corrected chi connectivity index (χ0v) is 15.7. The van der Waals surface area contributed by atoms with Crippen molar-refractivity contribution in [2.24, 2.45) is 5.73 Å². The molecule has 4 heteroatoms. The first-order valence-electron chi connectivity index (χ1n) is 7.62. The van der Waals surface area contributed by atoms with E-state index in [4.69, 9.17) is 18.0 Å². The SMILES string of the molecule is Cc1ccc(SCc2cc(C)cc(/C=C(\C#N)C(N)=S)c2C)cc1. The number of hydrogen-bond donors (Lipinski definition) is 1. The van der Waals surface area contributed by atoms with Gasteiger partial charge < -0.3 is 5.73 Å². The number of aryl methyl sites for hydroxylation is 2. The summed E-state index contributed by atoms with van der Waals surface area (Å²) in [6.45, 7) is 6.22. The molecule has 24 heavy (non-hydrogen) atoms. The Morgan fingerprint density at radius 3 is 2.42 bits per heavy atom. The zero-order chi connectivity index (χ0) is 17.7. The summed E-state index contributed by atoms with van der Waals surface area (Å²) in [6, 6.07) is 14.9. The summed E-state index contributed by atoms with van der Waals surface area (Å²) in [5.41, 5.74) is 11.8. The summed E-state index contributed by atoms with van der Waals surface area (Å²) in [4.78, 5) is 1.38. The number of thioether (sulfide) groups is 1. The molecule has 2 aromatic rings. The lowest BCUT2D eigenvalue weighted by Crippen LogP contribution is -2.10. The molecule has 0 aliphatic carbocycles. The molecule has 122 valence electrons. The molecule has 0 heterocycles. The van der Waals surface area contributed by atoms with Crippen molar-refractivity contribution in [3.8, 4) is 6.07 Å². The number of nitrogens with two attached hydrogens (primary N) is 1. The van der Waals surface area contributed by atoms with E-state index in [0.717, 1.165) is 22.4 Å². The minimum Gasteiger partial charge on any atom is -0.389 e. The van der Waals surface area contributed by atoms with Gasteiger partial charge in [0.25, 0.3) is 0 Å². The lowest BCUT2D eigenvalue weighted by molar-refractivity contribution is 1.25. The average molecular weight is 353 g/mol. The molecule has 0 saturated carbocycles. The summed E-state index contributed by atoms with van der Waals surface area (Å²) in [5.74, 6) is 0.881. The highest BCUT2D eigenvalue weighted by Crippen LogP contribution is 2.27. The van der Waals surface area contributed by atoms with Gasteiger partial charge in [0, 0.05) is 10.6 Å². The zero-order valence-electron chi connectivity index (χ0n) is 14.1. The van der Waals surface area contributed by atoms with E-state index in [1.807, 2.05) is 11.8 Å². The fourth-order valence-corrected chi connectivity index (χ4v) is 3.43. The molecule has 0 spiro atoms. The standard InChI is InChI=1S/C20H20N2S2/c1-13-4-6-19(7-5-13)24-12-18-9-14(2)8-16(15(18)3)10-17(11-21)20(22)23/h4-10H,12H2,1-3H3,(H2,22,23)/b17-10+. The van der Waals surface area contributed by atoms with Crippen molar-refractivity contribution in [1.82, 2.24) is 0 Å². The van der Waals surface area contributed by atoms with Crippen LogP contribution in [0.15, 0.2) is 46.9 Å². The van der Waals surface area contributed by atoms with Crippen LogP contribution in [-0.4, -0.2) is 4.99 Å². The number of benzene rings is 2. The molecule has 2 aromatic carbocycles. The summed E-state index contributed by atoms with van der Waals surface area (Å²) in [6.07, 6.45) is 1.78. The minimum atomic E-state index is 0.133. The molecule has 2 N–H and O–H groups in total. The van der Waals surface area contributed by atoms with Gasteiger partial charge in [-0.05, 0) is 55.7 Å². The number of rotatable bonds is 5. The Hall–Kier alpha value is -2.09. The molecule has 0 fully saturated rings. The van der Waals surface area contributed by atoms with Crippen molar-refractivity contribution >= 4 is 35.0 Å². The van der Waals surface area contributed by atoms with Crippen LogP contribution in [0.3, 0.4) is 0 Å². The Morgan fingerprint density at radius 1 is 1.17 bits per heavy atom. The van der Waals surface area contributed by atoms with Gasteiger partial charge in [0.15, 0.2) is 0 Å². The first-order chi connectivity index (χ1) is 11.4. The van der Waals surface area contributed by atoms with E-state index in [1.165, 1.54) is 16.0 Å². The van der Waals surface area contributed by atoms with Crippen LogP contribution in [0.4, 0.5) is 0 Å². The van der Waals surface area contributed by atoms with E-state index in [1.54, 1.807) is 6.08 Å². The van der Waals surface area contributed by atoms with Crippen LogP contribution in [0.25, 0.3) is 6.08 Å². The smallest absolute Gasteiger partial charge is 0.114 e. The summed E-state index contributed by atoms with van der Waals surface area (Å²) in [7, 11) is 0. The molecule has 0 atom stereocenters. The highest BCUT2D eigenvalue weighted by molar-refractivity contribution is 7.98. The quantitative estimate of drug-likeness (QED) is 0.352. The van der Waals surface area contributed by atoms with E-state index < -0.39 is 0 Å². The van der Waals surface area contributed by atoms with E-state index in [9.17, 15) is 5.26 Å². The van der Waals surface area contributed by atoms with Gasteiger partial charge in [0.05, 0.1) is 5.57 Å². The summed E-state index contributed by atoms with van der Waals surface area (Å²) in [5, 5.41) is 9.17. The third-order valence-electron chi connectivity index (χ3n) is 3.80. The van der Waals surface area contributed by atoms with Gasteiger partial charge in [0.1, 0.15) is 11.1 Å². The molecule has 2 rings (SSSR count). The maximum Gasteiger partial charge on any atom is 0.114 e. The molecule has 2 nitrogen and oxygen atoms in total. The Balaban J connectivity index is 2.30. The van der Waals surface area contributed by atoms with Crippen molar-refractivity contribution in [1.29, 1.82) is 5.26 Å². The Kier molecular flexibility index (Phi) is 6.19. The molecule has 0 bridgehead atoms. The van der Waals surface area contributed by atoms with Crippen molar-refractivity contribution in [3.63, 3.8) is 0 Å². The van der Waals surface area contributed by atoms with Crippen LogP contribution < -0.4 is 5.73 Å². The van der Waals surface area contributed by atoms with Gasteiger partial charge in [-0.3, -0.25) is 0 Å². The van der Waals surface area contributed by atoms with E-state index in [-0.39, 0.29) is 4.99 Å². The van der Waals surface area contributed by atoms with Crippen LogP contribution in [0.2, 0.25) is 0 Å². The van der Waals surface area contributed by atoms with Crippen molar-refractivity contribution in [2.75, 3.05) is 0 Å². The first-order valence-corrected chi connectivity index (χ1v) is 9.01. The number of nitrogens with zero attached hydrogens (tertiary/aromatic N) is 1. The normalized spacial score (nSPS) is 11.2. The van der Waals surface area contributed by atoms with Gasteiger partial charge in [-0.1, -0.05) is 47.6 Å². The second kappa shape index (κ2) is 8.14. The molecule has 0 radical (unpaired) electrons. The van der Waals surface area contributed by atoms with E-state index >= 15 is 0 Å². The lowest BCUT2D eigenvalue weighted by atomic mass is 9.98. The third kappa shape index (κ3) is 4.70. The third-order valence-corrected chi connectivity index (χ3v) is 5.08. The Morgan fingerprint density at radius 2 is 1.83 bits per heavy atom. The molecule has 0 aliphatic rings. The fraction of sp³-hybridized carbons (Fsp3) is 0.200.